The number of rotatable bonds is 25. The van der Waals surface area contributed by atoms with Gasteiger partial charge in [-0.15, -0.1) is 0 Å². The van der Waals surface area contributed by atoms with Gasteiger partial charge in [0.15, 0.2) is 5.78 Å². The quantitative estimate of drug-likeness (QED) is 0.0767. The number of Topliss-reactive ketones (excluding diaryl/α,β-unsaturated/α-hetero) is 1. The van der Waals surface area contributed by atoms with Crippen LogP contribution in [0.2, 0.25) is 0 Å². The van der Waals surface area contributed by atoms with Gasteiger partial charge in [-0.25, -0.2) is 0 Å². The molecule has 0 spiro atoms. The van der Waals surface area contributed by atoms with E-state index in [4.69, 9.17) is 16.0 Å². The zero-order chi connectivity index (χ0) is 41.3. The van der Waals surface area contributed by atoms with Crippen LogP contribution >= 0.6 is 0 Å². The molecule has 304 valence electrons. The fourth-order valence-electron chi connectivity index (χ4n) is 5.83. The molecule has 0 bridgehead atoms. The van der Waals surface area contributed by atoms with Crippen molar-refractivity contribution in [3.8, 4) is 5.75 Å². The smallest absolute Gasteiger partial charge is 0.446 e. The maximum absolute atomic E-state index is 13.9. The van der Waals surface area contributed by atoms with Crippen molar-refractivity contribution in [2.75, 3.05) is 20.6 Å². The zero-order valence-electron chi connectivity index (χ0n) is 31.7. The summed E-state index contributed by atoms with van der Waals surface area (Å²) >= 11 is 0. The second kappa shape index (κ2) is 22.5. The number of nitrogens with two attached hydrogens (primary N) is 2. The third kappa shape index (κ3) is 15.8. The largest absolute Gasteiger partial charge is 0.481 e. The summed E-state index contributed by atoms with van der Waals surface area (Å²) in [4.78, 5) is 80.9. The van der Waals surface area contributed by atoms with Gasteiger partial charge in [-0.1, -0.05) is 82.0 Å². The van der Waals surface area contributed by atoms with E-state index < -0.39 is 82.4 Å². The first-order valence-corrected chi connectivity index (χ1v) is 19.4. The number of carbonyl (C=O) groups is 6. The molecule has 0 saturated carbocycles. The number of hydrogen-bond acceptors (Lipinski definition) is 11. The summed E-state index contributed by atoms with van der Waals surface area (Å²) in [6, 6.07) is 8.64. The van der Waals surface area contributed by atoms with Crippen LogP contribution in [0.1, 0.15) is 69.9 Å². The van der Waals surface area contributed by atoms with E-state index in [0.717, 1.165) is 21.8 Å². The summed E-state index contributed by atoms with van der Waals surface area (Å²) in [7, 11) is -2.09. The first kappa shape index (κ1) is 46.2. The van der Waals surface area contributed by atoms with Crippen molar-refractivity contribution in [3.63, 3.8) is 0 Å². The Hall–Kier alpha value is -4.91. The summed E-state index contributed by atoms with van der Waals surface area (Å²) in [5.41, 5.74) is 13.1. The molecule has 0 fully saturated rings. The van der Waals surface area contributed by atoms with Crippen LogP contribution in [0.5, 0.6) is 5.75 Å². The molecule has 0 aromatic heterocycles. The number of aliphatic carboxylic acids is 1. The second-order valence-corrected chi connectivity index (χ2v) is 14.4. The maximum Gasteiger partial charge on any atom is 0.446 e. The first-order valence-electron chi connectivity index (χ1n) is 18.0. The second-order valence-electron chi connectivity index (χ2n) is 13.3. The van der Waals surface area contributed by atoms with Crippen LogP contribution in [-0.4, -0.2) is 114 Å². The lowest BCUT2D eigenvalue weighted by Gasteiger charge is -2.35. The fraction of sp³-hybridized carbons (Fsp3) is 0.514. The highest BCUT2D eigenvalue weighted by molar-refractivity contribution is 7.81. The maximum atomic E-state index is 13.9. The molecular formula is C37H54N6O11S. The Balaban J connectivity index is 2.20. The van der Waals surface area contributed by atoms with Gasteiger partial charge >= 0.3 is 16.4 Å². The van der Waals surface area contributed by atoms with Gasteiger partial charge in [0, 0.05) is 20.5 Å². The van der Waals surface area contributed by atoms with E-state index >= 15 is 0 Å². The van der Waals surface area contributed by atoms with Gasteiger partial charge in [-0.3, -0.25) is 38.6 Å². The van der Waals surface area contributed by atoms with Gasteiger partial charge in [0.1, 0.15) is 17.8 Å². The third-order valence-electron chi connectivity index (χ3n) is 9.02. The highest BCUT2D eigenvalue weighted by Gasteiger charge is 2.37. The Morgan fingerprint density at radius 2 is 1.35 bits per heavy atom. The average molecular weight is 791 g/mol. The van der Waals surface area contributed by atoms with Crippen molar-refractivity contribution in [2.45, 2.75) is 102 Å². The van der Waals surface area contributed by atoms with Crippen molar-refractivity contribution in [1.29, 1.82) is 0 Å². The van der Waals surface area contributed by atoms with Crippen molar-refractivity contribution >= 4 is 45.8 Å². The van der Waals surface area contributed by atoms with Crippen molar-refractivity contribution in [3.05, 3.63) is 65.7 Å². The molecule has 0 aliphatic carbocycles. The highest BCUT2D eigenvalue weighted by atomic mass is 32.3. The molecule has 5 atom stereocenters. The number of primary amides is 1. The van der Waals surface area contributed by atoms with Crippen LogP contribution in [0.15, 0.2) is 54.6 Å². The molecule has 2 aromatic carbocycles. The Bertz CT molecular complexity index is 1710. The molecule has 0 saturated heterocycles. The number of carboxylic acid groups (broad SMARTS) is 1. The SMILES string of the molecule is CCCC[C@H](NC(=O)[C@@H](N)Cc1ccc(OS(=O)(=O)O)cc1)C(=O)CN[C@@H](CCCC)C(=O)N(C)[C@H](CC(=O)O)C(=O)N(C)[C@@H](Cc1ccccc1)C(N)=O. The molecule has 0 unspecified atom stereocenters. The van der Waals surface area contributed by atoms with Gasteiger partial charge in [0.05, 0.1) is 31.1 Å². The van der Waals surface area contributed by atoms with Gasteiger partial charge < -0.3 is 35.9 Å². The van der Waals surface area contributed by atoms with Crippen LogP contribution in [-0.2, 0) is 52.0 Å². The standard InChI is InChI=1S/C37H54N6O11S/c1-5-7-14-28(41-35(48)27(38)20-25-16-18-26(19-17-25)54-55(51,52)53)32(44)23-40-29(15-8-6-2)36(49)43(4)31(22-33(45)46)37(50)42(3)30(34(39)47)21-24-12-10-9-11-13-24/h9-13,16-19,27-31,40H,5-8,14-15,20-23,38H2,1-4H3,(H2,39,47)(H,41,48)(H,45,46)(H,51,52,53)/t27-,28-,29-,30-,31+/m0/s1. The number of nitrogens with zero attached hydrogens (tertiary/aromatic N) is 2. The monoisotopic (exact) mass is 790 g/mol. The molecule has 8 N–H and O–H groups in total. The van der Waals surface area contributed by atoms with Crippen LogP contribution in [0.4, 0.5) is 0 Å². The highest BCUT2D eigenvalue weighted by Crippen LogP contribution is 2.17. The van der Waals surface area contributed by atoms with Crippen LogP contribution in [0.3, 0.4) is 0 Å². The minimum atomic E-state index is -4.71. The van der Waals surface area contributed by atoms with E-state index in [2.05, 4.69) is 14.8 Å². The van der Waals surface area contributed by atoms with E-state index in [1.165, 1.54) is 38.4 Å². The van der Waals surface area contributed by atoms with Gasteiger partial charge in [-0.05, 0) is 42.5 Å². The molecule has 0 aliphatic rings. The van der Waals surface area contributed by atoms with E-state index in [1.54, 1.807) is 30.3 Å². The summed E-state index contributed by atoms with van der Waals surface area (Å²) in [5.74, 6) is -4.80. The Kier molecular flexibility index (Phi) is 18.9. The summed E-state index contributed by atoms with van der Waals surface area (Å²) < 4.78 is 35.1. The number of nitrogens with one attached hydrogen (secondary N) is 2. The van der Waals surface area contributed by atoms with Crippen LogP contribution < -0.4 is 26.3 Å². The number of unbranched alkanes of at least 4 members (excludes halogenated alkanes) is 2. The van der Waals surface area contributed by atoms with Crippen molar-refractivity contribution in [1.82, 2.24) is 20.4 Å². The molecule has 17 nitrogen and oxygen atoms in total. The normalized spacial score (nSPS) is 14.1. The number of benzene rings is 2. The Morgan fingerprint density at radius 1 is 0.800 bits per heavy atom. The molecule has 0 heterocycles. The summed E-state index contributed by atoms with van der Waals surface area (Å²) in [5, 5.41) is 15.4. The molecule has 4 amide bonds. The molecule has 2 rings (SSSR count). The predicted octanol–water partition coefficient (Wildman–Crippen LogP) is 0.987. The fourth-order valence-corrected chi connectivity index (χ4v) is 6.18. The minimum absolute atomic E-state index is 0.0305. The van der Waals surface area contributed by atoms with Gasteiger partial charge in [0.25, 0.3) is 0 Å². The molecule has 0 aliphatic heterocycles. The van der Waals surface area contributed by atoms with Crippen LogP contribution in [0, 0.1) is 0 Å². The minimum Gasteiger partial charge on any atom is -0.481 e. The first-order chi connectivity index (χ1) is 25.9. The topological polar surface area (TPSA) is 269 Å². The van der Waals surface area contributed by atoms with E-state index in [9.17, 15) is 42.3 Å². The molecular weight excluding hydrogens is 737 g/mol. The Labute approximate surface area is 322 Å². The zero-order valence-corrected chi connectivity index (χ0v) is 32.5. The molecule has 0 radical (unpaired) electrons. The van der Waals surface area contributed by atoms with Crippen molar-refractivity contribution < 1.29 is 51.0 Å². The number of carboxylic acids is 1. The number of ketones is 1. The summed E-state index contributed by atoms with van der Waals surface area (Å²) in [6.07, 6.45) is 2.43. The number of carbonyl (C=O) groups excluding carboxylic acids is 5. The lowest BCUT2D eigenvalue weighted by molar-refractivity contribution is -0.152. The van der Waals surface area contributed by atoms with Crippen LogP contribution in [0.25, 0.3) is 0 Å². The molecule has 2 aromatic rings. The number of hydrogen-bond donors (Lipinski definition) is 6. The van der Waals surface area contributed by atoms with Gasteiger partial charge in [-0.2, -0.15) is 8.42 Å². The van der Waals surface area contributed by atoms with Gasteiger partial charge in [0.2, 0.25) is 23.6 Å². The van der Waals surface area contributed by atoms with E-state index in [0.29, 0.717) is 24.8 Å². The average Bonchev–Trinajstić information content (AvgIpc) is 3.13. The summed E-state index contributed by atoms with van der Waals surface area (Å²) in [6.45, 7) is 3.48. The predicted molar refractivity (Wildman–Crippen MR) is 203 cm³/mol. The van der Waals surface area contributed by atoms with Crippen molar-refractivity contribution in [2.24, 2.45) is 11.5 Å². The third-order valence-corrected chi connectivity index (χ3v) is 9.42. The van der Waals surface area contributed by atoms with E-state index in [-0.39, 0.29) is 38.0 Å². The Morgan fingerprint density at radius 3 is 1.87 bits per heavy atom. The van der Waals surface area contributed by atoms with E-state index in [1.807, 2.05) is 13.8 Å². The lowest BCUT2D eigenvalue weighted by atomic mass is 10.0. The molecule has 18 heteroatoms. The molecule has 55 heavy (non-hydrogen) atoms. The number of likely N-dealkylation sites (N-methyl/N-ethyl adjacent to an activating group) is 2. The number of amides is 4. The lowest BCUT2D eigenvalue weighted by Crippen LogP contribution is -2.58.